The van der Waals surface area contributed by atoms with Crippen LogP contribution in [0, 0.1) is 6.92 Å². The highest BCUT2D eigenvalue weighted by Gasteiger charge is 2.03. The maximum atomic E-state index is 11.8. The Kier molecular flexibility index (Phi) is 4.13. The Balaban J connectivity index is 1.84. The van der Waals surface area contributed by atoms with Crippen molar-refractivity contribution in [1.29, 1.82) is 0 Å². The van der Waals surface area contributed by atoms with Crippen LogP contribution in [-0.2, 0) is 11.2 Å². The summed E-state index contributed by atoms with van der Waals surface area (Å²) in [7, 11) is 0. The summed E-state index contributed by atoms with van der Waals surface area (Å²) in [5, 5.41) is 3.13. The fraction of sp³-hybridized carbons (Fsp3) is 0.188. The van der Waals surface area contributed by atoms with Gasteiger partial charge in [0.25, 0.3) is 0 Å². The van der Waals surface area contributed by atoms with E-state index in [2.05, 4.69) is 5.32 Å². The summed E-state index contributed by atoms with van der Waals surface area (Å²) in [5.41, 5.74) is 3.27. The van der Waals surface area contributed by atoms with Gasteiger partial charge in [0, 0.05) is 12.1 Å². The standard InChI is InChI=1S/C16H17NO/c1-13-7-9-14(10-8-13)11-16(18)12-17-15-5-3-2-4-6-15/h2-10,17H,11-12H2,1H3. The highest BCUT2D eigenvalue weighted by Crippen LogP contribution is 2.06. The third-order valence-corrected chi connectivity index (χ3v) is 2.79. The highest BCUT2D eigenvalue weighted by atomic mass is 16.1. The van der Waals surface area contributed by atoms with Gasteiger partial charge in [-0.15, -0.1) is 0 Å². The van der Waals surface area contributed by atoms with E-state index in [0.717, 1.165) is 11.3 Å². The topological polar surface area (TPSA) is 29.1 Å². The second-order valence-electron chi connectivity index (χ2n) is 4.42. The maximum absolute atomic E-state index is 11.8. The summed E-state index contributed by atoms with van der Waals surface area (Å²) in [6.45, 7) is 2.42. The van der Waals surface area contributed by atoms with Gasteiger partial charge in [-0.3, -0.25) is 4.79 Å². The van der Waals surface area contributed by atoms with Gasteiger partial charge in [0.1, 0.15) is 0 Å². The van der Waals surface area contributed by atoms with Crippen LogP contribution in [0.2, 0.25) is 0 Å². The molecule has 2 nitrogen and oxygen atoms in total. The third-order valence-electron chi connectivity index (χ3n) is 2.79. The van der Waals surface area contributed by atoms with Gasteiger partial charge in [0.15, 0.2) is 5.78 Å². The molecular weight excluding hydrogens is 222 g/mol. The van der Waals surface area contributed by atoms with Gasteiger partial charge in [0.2, 0.25) is 0 Å². The molecule has 0 atom stereocenters. The van der Waals surface area contributed by atoms with E-state index in [4.69, 9.17) is 0 Å². The van der Waals surface area contributed by atoms with E-state index in [1.54, 1.807) is 0 Å². The lowest BCUT2D eigenvalue weighted by molar-refractivity contribution is -0.116. The molecule has 0 fully saturated rings. The van der Waals surface area contributed by atoms with E-state index in [-0.39, 0.29) is 5.78 Å². The van der Waals surface area contributed by atoms with Crippen molar-refractivity contribution in [2.45, 2.75) is 13.3 Å². The van der Waals surface area contributed by atoms with Crippen molar-refractivity contribution in [2.75, 3.05) is 11.9 Å². The Labute approximate surface area is 108 Å². The molecule has 0 unspecified atom stereocenters. The van der Waals surface area contributed by atoms with Gasteiger partial charge in [-0.1, -0.05) is 48.0 Å². The van der Waals surface area contributed by atoms with Crippen LogP contribution >= 0.6 is 0 Å². The number of hydrogen-bond donors (Lipinski definition) is 1. The lowest BCUT2D eigenvalue weighted by Gasteiger charge is -2.05. The number of hydrogen-bond acceptors (Lipinski definition) is 2. The number of carbonyl (C=O) groups excluding carboxylic acids is 1. The first kappa shape index (κ1) is 12.4. The van der Waals surface area contributed by atoms with Crippen LogP contribution in [0.1, 0.15) is 11.1 Å². The molecular formula is C16H17NO. The van der Waals surface area contributed by atoms with Crippen LogP contribution in [0.25, 0.3) is 0 Å². The van der Waals surface area contributed by atoms with Crippen LogP contribution in [0.4, 0.5) is 5.69 Å². The zero-order chi connectivity index (χ0) is 12.8. The molecule has 2 rings (SSSR count). The van der Waals surface area contributed by atoms with Crippen molar-refractivity contribution < 1.29 is 4.79 Å². The van der Waals surface area contributed by atoms with Crippen molar-refractivity contribution in [3.63, 3.8) is 0 Å². The molecule has 2 heteroatoms. The van der Waals surface area contributed by atoms with E-state index in [1.807, 2.05) is 61.5 Å². The smallest absolute Gasteiger partial charge is 0.156 e. The van der Waals surface area contributed by atoms with Gasteiger partial charge >= 0.3 is 0 Å². The van der Waals surface area contributed by atoms with Gasteiger partial charge < -0.3 is 5.32 Å². The van der Waals surface area contributed by atoms with Crippen LogP contribution in [0.15, 0.2) is 54.6 Å². The number of carbonyl (C=O) groups is 1. The number of Topliss-reactive ketones (excluding diaryl/α,β-unsaturated/α-hetero) is 1. The molecule has 0 bridgehead atoms. The summed E-state index contributed by atoms with van der Waals surface area (Å²) in [5.74, 6) is 0.197. The van der Waals surface area contributed by atoms with E-state index in [0.29, 0.717) is 13.0 Å². The number of rotatable bonds is 5. The molecule has 0 aliphatic heterocycles. The average molecular weight is 239 g/mol. The second kappa shape index (κ2) is 6.01. The summed E-state index contributed by atoms with van der Waals surface area (Å²) >= 11 is 0. The number of anilines is 1. The number of nitrogens with one attached hydrogen (secondary N) is 1. The highest BCUT2D eigenvalue weighted by molar-refractivity contribution is 5.84. The number of aryl methyl sites for hydroxylation is 1. The van der Waals surface area contributed by atoms with E-state index >= 15 is 0 Å². The van der Waals surface area contributed by atoms with Gasteiger partial charge in [0.05, 0.1) is 6.54 Å². The summed E-state index contributed by atoms with van der Waals surface area (Å²) in [4.78, 5) is 11.8. The Hall–Kier alpha value is -2.09. The molecule has 18 heavy (non-hydrogen) atoms. The van der Waals surface area contributed by atoms with Crippen LogP contribution < -0.4 is 5.32 Å². The Morgan fingerprint density at radius 1 is 1.00 bits per heavy atom. The molecule has 0 saturated carbocycles. The molecule has 0 amide bonds. The number of ketones is 1. The Bertz CT molecular complexity index is 502. The first-order valence-corrected chi connectivity index (χ1v) is 6.10. The quantitative estimate of drug-likeness (QED) is 0.868. The molecule has 2 aromatic carbocycles. The minimum Gasteiger partial charge on any atom is -0.378 e. The van der Waals surface area contributed by atoms with Crippen molar-refractivity contribution in [3.8, 4) is 0 Å². The molecule has 0 radical (unpaired) electrons. The van der Waals surface area contributed by atoms with Crippen molar-refractivity contribution in [2.24, 2.45) is 0 Å². The molecule has 2 aromatic rings. The first-order valence-electron chi connectivity index (χ1n) is 6.10. The predicted octanol–water partition coefficient (Wildman–Crippen LogP) is 3.22. The molecule has 92 valence electrons. The van der Waals surface area contributed by atoms with E-state index < -0.39 is 0 Å². The van der Waals surface area contributed by atoms with Crippen molar-refractivity contribution in [3.05, 3.63) is 65.7 Å². The van der Waals surface area contributed by atoms with Crippen LogP contribution in [0.5, 0.6) is 0 Å². The lowest BCUT2D eigenvalue weighted by atomic mass is 10.1. The van der Waals surface area contributed by atoms with Crippen molar-refractivity contribution in [1.82, 2.24) is 0 Å². The molecule has 1 N–H and O–H groups in total. The van der Waals surface area contributed by atoms with E-state index in [1.165, 1.54) is 5.56 Å². The van der Waals surface area contributed by atoms with Crippen LogP contribution in [-0.4, -0.2) is 12.3 Å². The molecule has 0 heterocycles. The summed E-state index contributed by atoms with van der Waals surface area (Å²) < 4.78 is 0. The lowest BCUT2D eigenvalue weighted by Crippen LogP contribution is -2.15. The normalized spacial score (nSPS) is 10.1. The first-order chi connectivity index (χ1) is 8.74. The number of para-hydroxylation sites is 1. The van der Waals surface area contributed by atoms with Crippen LogP contribution in [0.3, 0.4) is 0 Å². The Morgan fingerprint density at radius 3 is 2.33 bits per heavy atom. The largest absolute Gasteiger partial charge is 0.378 e. The maximum Gasteiger partial charge on any atom is 0.156 e. The second-order valence-corrected chi connectivity index (χ2v) is 4.42. The van der Waals surface area contributed by atoms with Gasteiger partial charge in [-0.05, 0) is 24.6 Å². The molecule has 0 spiro atoms. The fourth-order valence-electron chi connectivity index (χ4n) is 1.75. The predicted molar refractivity (Wildman–Crippen MR) is 74.8 cm³/mol. The van der Waals surface area contributed by atoms with Gasteiger partial charge in [-0.2, -0.15) is 0 Å². The monoisotopic (exact) mass is 239 g/mol. The fourth-order valence-corrected chi connectivity index (χ4v) is 1.75. The molecule has 0 saturated heterocycles. The summed E-state index contributed by atoms with van der Waals surface area (Å²) in [6, 6.07) is 17.9. The van der Waals surface area contributed by atoms with Crippen molar-refractivity contribution >= 4 is 11.5 Å². The zero-order valence-electron chi connectivity index (χ0n) is 10.5. The Morgan fingerprint density at radius 2 is 1.67 bits per heavy atom. The number of benzene rings is 2. The minimum atomic E-state index is 0.197. The van der Waals surface area contributed by atoms with Gasteiger partial charge in [-0.25, -0.2) is 0 Å². The third kappa shape index (κ3) is 3.74. The van der Waals surface area contributed by atoms with E-state index in [9.17, 15) is 4.79 Å². The molecule has 0 aromatic heterocycles. The summed E-state index contributed by atoms with van der Waals surface area (Å²) in [6.07, 6.45) is 0.486. The SMILES string of the molecule is Cc1ccc(CC(=O)CNc2ccccc2)cc1. The molecule has 0 aliphatic carbocycles. The minimum absolute atomic E-state index is 0.197. The molecule has 0 aliphatic rings. The average Bonchev–Trinajstić information content (AvgIpc) is 2.40. The zero-order valence-corrected chi connectivity index (χ0v) is 10.5.